The fourth-order valence-corrected chi connectivity index (χ4v) is 8.30. The number of rotatable bonds is 3. The van der Waals surface area contributed by atoms with E-state index in [0.717, 1.165) is 32.0 Å². The van der Waals surface area contributed by atoms with Crippen molar-refractivity contribution in [2.75, 3.05) is 7.05 Å². The van der Waals surface area contributed by atoms with Crippen LogP contribution in [0.4, 0.5) is 4.79 Å². The van der Waals surface area contributed by atoms with Crippen LogP contribution in [-0.4, -0.2) is 48.9 Å². The van der Waals surface area contributed by atoms with Gasteiger partial charge < -0.3 is 24.7 Å². The molecule has 1 amide bonds. The van der Waals surface area contributed by atoms with Gasteiger partial charge in [0.15, 0.2) is 0 Å². The quantitative estimate of drug-likeness (QED) is 0.419. The Bertz CT molecular complexity index is 782. The van der Waals surface area contributed by atoms with Gasteiger partial charge >= 0.3 is 6.09 Å². The third-order valence-corrected chi connectivity index (χ3v) is 9.83. The van der Waals surface area contributed by atoms with E-state index in [1.165, 1.54) is 5.57 Å². The van der Waals surface area contributed by atoms with Gasteiger partial charge in [0, 0.05) is 24.3 Å². The van der Waals surface area contributed by atoms with E-state index in [1.54, 1.807) is 7.05 Å². The highest BCUT2D eigenvalue weighted by molar-refractivity contribution is 5.67. The highest BCUT2D eigenvalue weighted by atomic mass is 16.6. The summed E-state index contributed by atoms with van der Waals surface area (Å²) in [5.74, 6) is 1.44. The highest BCUT2D eigenvalue weighted by Crippen LogP contribution is 2.69. The number of carbonyl (C=O) groups excluding carboxylic acids is 2. The van der Waals surface area contributed by atoms with E-state index in [0.29, 0.717) is 24.2 Å². The van der Waals surface area contributed by atoms with Crippen LogP contribution in [-0.2, 0) is 14.3 Å². The SMILES string of the molecule is CNC(=O)OC1C=C2CC(O)C3OC3[C@]2(C)[C@H]2CC[C@]3(C)[C@@H](C(C)C=O)CC[C@H]3[C@H]12. The molecule has 0 aromatic rings. The second-order valence-corrected chi connectivity index (χ2v) is 10.9. The van der Waals surface area contributed by atoms with Crippen molar-refractivity contribution in [1.82, 2.24) is 5.32 Å². The maximum Gasteiger partial charge on any atom is 0.407 e. The molecule has 0 radical (unpaired) electrons. The minimum absolute atomic E-state index is 0.0519. The fraction of sp³-hybridized carbons (Fsp3) is 0.833. The summed E-state index contributed by atoms with van der Waals surface area (Å²) in [5, 5.41) is 13.1. The van der Waals surface area contributed by atoms with Crippen molar-refractivity contribution in [1.29, 1.82) is 0 Å². The Morgan fingerprint density at radius 2 is 2.10 bits per heavy atom. The molecule has 5 rings (SSSR count). The zero-order valence-corrected chi connectivity index (χ0v) is 18.5. The topological polar surface area (TPSA) is 88.2 Å². The average Bonchev–Trinajstić information content (AvgIpc) is 3.47. The lowest BCUT2D eigenvalue weighted by Gasteiger charge is -2.58. The summed E-state index contributed by atoms with van der Waals surface area (Å²) >= 11 is 0. The molecule has 2 N–H and O–H groups in total. The largest absolute Gasteiger partial charge is 0.442 e. The molecule has 0 aromatic heterocycles. The van der Waals surface area contributed by atoms with Crippen LogP contribution in [0.25, 0.3) is 0 Å². The first-order valence-corrected chi connectivity index (χ1v) is 11.6. The number of alkyl carbamates (subject to hydrolysis) is 1. The second-order valence-electron chi connectivity index (χ2n) is 10.9. The van der Waals surface area contributed by atoms with E-state index in [9.17, 15) is 14.7 Å². The first-order valence-electron chi connectivity index (χ1n) is 11.6. The van der Waals surface area contributed by atoms with Gasteiger partial charge in [0.2, 0.25) is 0 Å². The Hall–Kier alpha value is -1.40. The molecule has 4 aliphatic carbocycles. The van der Waals surface area contributed by atoms with E-state index in [2.05, 4.69) is 32.2 Å². The second kappa shape index (κ2) is 6.80. The van der Waals surface area contributed by atoms with Gasteiger partial charge in [-0.25, -0.2) is 4.79 Å². The summed E-state index contributed by atoms with van der Waals surface area (Å²) < 4.78 is 11.9. The normalized spacial score (nSPS) is 52.0. The van der Waals surface area contributed by atoms with Gasteiger partial charge in [-0.3, -0.25) is 0 Å². The first-order chi connectivity index (χ1) is 14.3. The van der Waals surface area contributed by atoms with Crippen molar-refractivity contribution in [2.45, 2.75) is 77.3 Å². The van der Waals surface area contributed by atoms with Crippen molar-refractivity contribution in [3.05, 3.63) is 11.6 Å². The lowest BCUT2D eigenvalue weighted by molar-refractivity contribution is -0.118. The maximum absolute atomic E-state index is 12.2. The molecule has 0 aromatic carbocycles. The van der Waals surface area contributed by atoms with Crippen LogP contribution in [0.1, 0.15) is 52.9 Å². The number of fused-ring (bicyclic) bond motifs is 7. The van der Waals surface area contributed by atoms with Crippen LogP contribution in [0.15, 0.2) is 11.6 Å². The fourth-order valence-electron chi connectivity index (χ4n) is 8.30. The van der Waals surface area contributed by atoms with Gasteiger partial charge in [-0.1, -0.05) is 26.3 Å². The van der Waals surface area contributed by atoms with Crippen LogP contribution in [0.5, 0.6) is 0 Å². The summed E-state index contributed by atoms with van der Waals surface area (Å²) in [6.45, 7) is 6.73. The standard InChI is InChI=1S/C24H35NO5/c1-12(11-26)14-5-6-15-19-16(7-8-23(14,15)2)24(3)13(9-17(27)20-21(24)30-20)10-18(19)29-22(28)25-4/h10-12,14-21,27H,5-9H2,1-4H3,(H,25,28)/t12?,14-,15+,16+,17?,18?,19+,20?,21?,23-,24+/m1/s1. The number of hydrogen-bond donors (Lipinski definition) is 2. The minimum Gasteiger partial charge on any atom is -0.442 e. The van der Waals surface area contributed by atoms with Crippen molar-refractivity contribution < 1.29 is 24.2 Å². The van der Waals surface area contributed by atoms with Crippen molar-refractivity contribution in [3.63, 3.8) is 0 Å². The van der Waals surface area contributed by atoms with E-state index in [-0.39, 0.29) is 41.0 Å². The predicted molar refractivity (Wildman–Crippen MR) is 111 cm³/mol. The van der Waals surface area contributed by atoms with Crippen LogP contribution in [0.2, 0.25) is 0 Å². The molecule has 1 aliphatic heterocycles. The molecule has 166 valence electrons. The lowest BCUT2D eigenvalue weighted by Crippen LogP contribution is -2.58. The molecule has 6 nitrogen and oxygen atoms in total. The Morgan fingerprint density at radius 1 is 1.33 bits per heavy atom. The number of aldehydes is 1. The van der Waals surface area contributed by atoms with Gasteiger partial charge in [-0.15, -0.1) is 0 Å². The van der Waals surface area contributed by atoms with E-state index in [4.69, 9.17) is 9.47 Å². The number of epoxide rings is 1. The lowest BCUT2D eigenvalue weighted by atomic mass is 9.46. The zero-order valence-electron chi connectivity index (χ0n) is 18.5. The number of amides is 1. The van der Waals surface area contributed by atoms with Crippen molar-refractivity contribution in [3.8, 4) is 0 Å². The average molecular weight is 418 g/mol. The van der Waals surface area contributed by atoms with Crippen LogP contribution in [0.3, 0.4) is 0 Å². The number of aliphatic hydroxyl groups excluding tert-OH is 1. The Labute approximate surface area is 178 Å². The molecule has 1 heterocycles. The smallest absolute Gasteiger partial charge is 0.407 e. The van der Waals surface area contributed by atoms with Crippen molar-refractivity contribution in [2.24, 2.45) is 40.4 Å². The molecule has 30 heavy (non-hydrogen) atoms. The summed E-state index contributed by atoms with van der Waals surface area (Å²) in [4.78, 5) is 23.9. The third-order valence-electron chi connectivity index (χ3n) is 9.83. The Morgan fingerprint density at radius 3 is 2.80 bits per heavy atom. The first kappa shape index (κ1) is 20.5. The Balaban J connectivity index is 1.56. The predicted octanol–water partition coefficient (Wildman–Crippen LogP) is 3.08. The zero-order chi connectivity index (χ0) is 21.4. The number of nitrogens with one attached hydrogen (secondary N) is 1. The van der Waals surface area contributed by atoms with Gasteiger partial charge in [0.25, 0.3) is 0 Å². The van der Waals surface area contributed by atoms with Gasteiger partial charge in [0.05, 0.1) is 12.2 Å². The van der Waals surface area contributed by atoms with E-state index < -0.39 is 12.2 Å². The summed E-state index contributed by atoms with van der Waals surface area (Å²) in [6, 6.07) is 0. The Kier molecular flexibility index (Phi) is 4.64. The van der Waals surface area contributed by atoms with Crippen LogP contribution in [0, 0.1) is 40.4 Å². The van der Waals surface area contributed by atoms with Gasteiger partial charge in [0.1, 0.15) is 18.5 Å². The number of aliphatic hydroxyl groups is 1. The molecule has 3 saturated carbocycles. The molecule has 5 unspecified atom stereocenters. The molecule has 5 aliphatic rings. The molecule has 0 bridgehead atoms. The summed E-state index contributed by atoms with van der Waals surface area (Å²) in [5.41, 5.74) is 1.18. The molecule has 1 saturated heterocycles. The van der Waals surface area contributed by atoms with Gasteiger partial charge in [-0.2, -0.15) is 0 Å². The maximum atomic E-state index is 12.2. The van der Waals surface area contributed by atoms with Crippen molar-refractivity contribution >= 4 is 12.4 Å². The number of ether oxygens (including phenoxy) is 2. The third kappa shape index (κ3) is 2.62. The molecule has 4 fully saturated rings. The molecule has 0 spiro atoms. The van der Waals surface area contributed by atoms with Crippen LogP contribution >= 0.6 is 0 Å². The number of hydrogen-bond acceptors (Lipinski definition) is 5. The minimum atomic E-state index is -0.468. The van der Waals surface area contributed by atoms with E-state index >= 15 is 0 Å². The highest BCUT2D eigenvalue weighted by Gasteiger charge is 2.69. The molecular weight excluding hydrogens is 382 g/mol. The van der Waals surface area contributed by atoms with Crippen LogP contribution < -0.4 is 5.32 Å². The summed E-state index contributed by atoms with van der Waals surface area (Å²) in [6.07, 6.45) is 6.98. The molecule has 6 heteroatoms. The molecule has 11 atom stereocenters. The number of carbonyl (C=O) groups is 2. The monoisotopic (exact) mass is 417 g/mol. The molecular formula is C24H35NO5. The summed E-state index contributed by atoms with van der Waals surface area (Å²) in [7, 11) is 1.59. The van der Waals surface area contributed by atoms with E-state index in [1.807, 2.05) is 0 Å². The van der Waals surface area contributed by atoms with Gasteiger partial charge in [-0.05, 0) is 61.3 Å².